The highest BCUT2D eigenvalue weighted by molar-refractivity contribution is 5.79. The van der Waals surface area contributed by atoms with Crippen LogP contribution in [0.1, 0.15) is 69.8 Å². The lowest BCUT2D eigenvalue weighted by molar-refractivity contribution is -0.145. The van der Waals surface area contributed by atoms with Crippen molar-refractivity contribution >= 4 is 11.9 Å². The molecule has 2 aromatic carbocycles. The number of carboxylic acid groups (broad SMARTS) is 1. The molecular formula is C36H49N3O4. The van der Waals surface area contributed by atoms with E-state index < -0.39 is 5.97 Å². The molecule has 5 atom stereocenters. The van der Waals surface area contributed by atoms with E-state index in [9.17, 15) is 14.7 Å². The summed E-state index contributed by atoms with van der Waals surface area (Å²) in [5.41, 5.74) is 1.33. The number of ether oxygens (including phenoxy) is 1. The van der Waals surface area contributed by atoms with Crippen LogP contribution in [0.25, 0.3) is 0 Å². The topological polar surface area (TPSA) is 73.3 Å². The van der Waals surface area contributed by atoms with Crippen LogP contribution in [-0.2, 0) is 9.59 Å². The number of nitrogens with zero attached hydrogens (tertiary/aromatic N) is 3. The first-order chi connectivity index (χ1) is 21.0. The fraction of sp³-hybridized carbons (Fsp3) is 0.611. The van der Waals surface area contributed by atoms with Crippen LogP contribution in [-0.4, -0.2) is 89.1 Å². The molecule has 2 heterocycles. The summed E-state index contributed by atoms with van der Waals surface area (Å²) in [6, 6.07) is 20.6. The maximum Gasteiger partial charge on any atom is 0.321 e. The van der Waals surface area contributed by atoms with Crippen LogP contribution in [0.5, 0.6) is 5.75 Å². The second-order valence-electron chi connectivity index (χ2n) is 13.6. The molecule has 6 rings (SSSR count). The van der Waals surface area contributed by atoms with E-state index in [-0.39, 0.29) is 30.5 Å². The summed E-state index contributed by atoms with van der Waals surface area (Å²) < 4.78 is 5.86. The highest BCUT2D eigenvalue weighted by Gasteiger charge is 2.46. The Bertz CT molecular complexity index is 1200. The molecule has 0 aromatic heterocycles. The van der Waals surface area contributed by atoms with Gasteiger partial charge in [-0.05, 0) is 67.6 Å². The second-order valence-corrected chi connectivity index (χ2v) is 13.6. The number of carboxylic acids is 1. The van der Waals surface area contributed by atoms with Gasteiger partial charge in [0.1, 0.15) is 11.8 Å². The zero-order valence-electron chi connectivity index (χ0n) is 25.7. The molecule has 7 heteroatoms. The van der Waals surface area contributed by atoms with Gasteiger partial charge in [-0.1, -0.05) is 74.7 Å². The molecule has 0 radical (unpaired) electrons. The van der Waals surface area contributed by atoms with E-state index in [0.29, 0.717) is 23.8 Å². The van der Waals surface area contributed by atoms with Crippen molar-refractivity contribution < 1.29 is 19.4 Å². The molecule has 0 bridgehead atoms. The number of hydrogen-bond acceptors (Lipinski definition) is 5. The van der Waals surface area contributed by atoms with E-state index in [1.165, 1.54) is 12.0 Å². The first kappa shape index (κ1) is 30.1. The third-order valence-electron chi connectivity index (χ3n) is 10.7. The monoisotopic (exact) mass is 587 g/mol. The van der Waals surface area contributed by atoms with Crippen molar-refractivity contribution in [2.45, 2.75) is 82.3 Å². The molecule has 232 valence electrons. The molecule has 1 N–H and O–H groups in total. The van der Waals surface area contributed by atoms with E-state index in [1.54, 1.807) is 0 Å². The van der Waals surface area contributed by atoms with Crippen LogP contribution in [0, 0.1) is 17.8 Å². The lowest BCUT2D eigenvalue weighted by atomic mass is 9.83. The quantitative estimate of drug-likeness (QED) is 0.374. The Labute approximate surface area is 257 Å². The molecule has 7 nitrogen and oxygen atoms in total. The predicted molar refractivity (Wildman–Crippen MR) is 168 cm³/mol. The molecular weight excluding hydrogens is 538 g/mol. The van der Waals surface area contributed by atoms with E-state index >= 15 is 0 Å². The fourth-order valence-corrected chi connectivity index (χ4v) is 8.30. The third kappa shape index (κ3) is 7.26. The van der Waals surface area contributed by atoms with Crippen molar-refractivity contribution in [2.75, 3.05) is 39.3 Å². The Morgan fingerprint density at radius 2 is 1.58 bits per heavy atom. The van der Waals surface area contributed by atoms with Gasteiger partial charge in [-0.2, -0.15) is 0 Å². The molecule has 4 aliphatic rings. The number of piperidine rings is 1. The van der Waals surface area contributed by atoms with Crippen molar-refractivity contribution in [3.63, 3.8) is 0 Å². The Morgan fingerprint density at radius 3 is 2.21 bits per heavy atom. The van der Waals surface area contributed by atoms with Crippen LogP contribution in [0.15, 0.2) is 60.7 Å². The molecule has 2 aliphatic carbocycles. The summed E-state index contributed by atoms with van der Waals surface area (Å²) in [7, 11) is 0. The molecule has 2 saturated carbocycles. The molecule has 1 amide bonds. The number of carbonyl (C=O) groups excluding carboxylic acids is 1. The van der Waals surface area contributed by atoms with Crippen LogP contribution in [0.4, 0.5) is 0 Å². The number of aliphatic carboxylic acids is 1. The van der Waals surface area contributed by atoms with Crippen LogP contribution in [0.2, 0.25) is 0 Å². The van der Waals surface area contributed by atoms with Gasteiger partial charge < -0.3 is 19.6 Å². The Balaban J connectivity index is 1.09. The predicted octanol–water partition coefficient (Wildman–Crippen LogP) is 5.52. The molecule has 43 heavy (non-hydrogen) atoms. The van der Waals surface area contributed by atoms with Crippen LogP contribution < -0.4 is 4.74 Å². The van der Waals surface area contributed by atoms with Gasteiger partial charge in [0, 0.05) is 50.7 Å². The van der Waals surface area contributed by atoms with Gasteiger partial charge in [0.15, 0.2) is 6.61 Å². The van der Waals surface area contributed by atoms with Gasteiger partial charge in [0.05, 0.1) is 0 Å². The molecule has 2 unspecified atom stereocenters. The number of hydrogen-bond donors (Lipinski definition) is 1. The molecule has 4 fully saturated rings. The summed E-state index contributed by atoms with van der Waals surface area (Å²) in [5, 5.41) is 10.4. The smallest absolute Gasteiger partial charge is 0.321 e. The van der Waals surface area contributed by atoms with Crippen molar-refractivity contribution in [1.82, 2.24) is 14.7 Å². The Morgan fingerprint density at radius 1 is 0.930 bits per heavy atom. The summed E-state index contributed by atoms with van der Waals surface area (Å²) >= 11 is 0. The first-order valence-corrected chi connectivity index (χ1v) is 16.7. The van der Waals surface area contributed by atoms with E-state index in [4.69, 9.17) is 4.74 Å². The van der Waals surface area contributed by atoms with Crippen molar-refractivity contribution in [3.05, 3.63) is 66.2 Å². The van der Waals surface area contributed by atoms with E-state index in [1.807, 2.05) is 30.3 Å². The number of benzene rings is 2. The average molecular weight is 588 g/mol. The van der Waals surface area contributed by atoms with E-state index in [0.717, 1.165) is 83.4 Å². The number of para-hydroxylation sites is 1. The zero-order valence-corrected chi connectivity index (χ0v) is 25.7. The normalized spacial score (nSPS) is 27.9. The van der Waals surface area contributed by atoms with Gasteiger partial charge in [0.2, 0.25) is 0 Å². The minimum absolute atomic E-state index is 0.0931. The molecule has 2 saturated heterocycles. The lowest BCUT2D eigenvalue weighted by Gasteiger charge is -2.40. The lowest BCUT2D eigenvalue weighted by Crippen LogP contribution is -2.51. The summed E-state index contributed by atoms with van der Waals surface area (Å²) in [6.07, 6.45) is 8.65. The summed E-state index contributed by atoms with van der Waals surface area (Å²) in [4.78, 5) is 33.1. The minimum atomic E-state index is -0.643. The molecule has 2 aromatic rings. The summed E-state index contributed by atoms with van der Waals surface area (Å²) in [5.74, 6) is 1.75. The second kappa shape index (κ2) is 13.8. The maximum atomic E-state index is 13.4. The van der Waals surface area contributed by atoms with Gasteiger partial charge in [0.25, 0.3) is 5.91 Å². The number of carbonyl (C=O) groups is 2. The Hall–Kier alpha value is -2.90. The standard InChI is InChI=1S/C36H49N3O4/c1-26-21-33(26)39(34(40)25-43-31-15-9-4-10-16-31)30-17-19-37(20-18-30)22-29-23-38(24-32(29)27-11-5-2-6-12-27)35(36(41)42)28-13-7-3-8-14-28/h2,4-6,9-12,15-16,26,28-30,32-33,35H,3,7-8,13-14,17-25H2,1H3,(H,41,42)/t26?,29-,32+,33?,35+/m0/s1. The van der Waals surface area contributed by atoms with Gasteiger partial charge in [-0.25, -0.2) is 0 Å². The van der Waals surface area contributed by atoms with Crippen LogP contribution in [0.3, 0.4) is 0 Å². The minimum Gasteiger partial charge on any atom is -0.484 e. The fourth-order valence-electron chi connectivity index (χ4n) is 8.30. The average Bonchev–Trinajstić information content (AvgIpc) is 3.60. The van der Waals surface area contributed by atoms with Gasteiger partial charge in [-0.3, -0.25) is 14.5 Å². The number of likely N-dealkylation sites (tertiary alicyclic amines) is 2. The van der Waals surface area contributed by atoms with Crippen LogP contribution >= 0.6 is 0 Å². The summed E-state index contributed by atoms with van der Waals surface area (Å²) in [6.45, 7) is 6.91. The van der Waals surface area contributed by atoms with E-state index in [2.05, 4.69) is 52.0 Å². The molecule has 0 spiro atoms. The highest BCUT2D eigenvalue weighted by Crippen LogP contribution is 2.40. The van der Waals surface area contributed by atoms with Crippen molar-refractivity contribution in [2.24, 2.45) is 17.8 Å². The highest BCUT2D eigenvalue weighted by atomic mass is 16.5. The maximum absolute atomic E-state index is 13.4. The number of rotatable bonds is 11. The first-order valence-electron chi connectivity index (χ1n) is 16.7. The Kier molecular flexibility index (Phi) is 9.68. The van der Waals surface area contributed by atoms with Crippen molar-refractivity contribution in [1.29, 1.82) is 0 Å². The largest absolute Gasteiger partial charge is 0.484 e. The molecule has 2 aliphatic heterocycles. The van der Waals surface area contributed by atoms with Gasteiger partial charge >= 0.3 is 5.97 Å². The van der Waals surface area contributed by atoms with Crippen molar-refractivity contribution in [3.8, 4) is 5.75 Å². The van der Waals surface area contributed by atoms with Gasteiger partial charge in [-0.15, -0.1) is 0 Å². The zero-order chi connectivity index (χ0) is 29.8. The third-order valence-corrected chi connectivity index (χ3v) is 10.7. The number of amides is 1. The SMILES string of the molecule is CC1CC1N(C(=O)COc1ccccc1)C1CCN(C[C@H]2CN([C@@H](C(=O)O)C3CCCCC3)C[C@@H]2c2ccccc2)CC1.